The molecule has 4 aliphatic heterocycles. The number of benzene rings is 1. The van der Waals surface area contributed by atoms with Gasteiger partial charge in [0.25, 0.3) is 0 Å². The van der Waals surface area contributed by atoms with Crippen LogP contribution in [0.4, 0.5) is 9.59 Å². The van der Waals surface area contributed by atoms with E-state index in [1.54, 1.807) is 74.7 Å². The lowest BCUT2D eigenvalue weighted by Crippen LogP contribution is -2.53. The summed E-state index contributed by atoms with van der Waals surface area (Å²) >= 11 is 1.36. The molecule has 4 aliphatic rings. The molecule has 0 bridgehead atoms. The molecule has 92 heavy (non-hydrogen) atoms. The quantitative estimate of drug-likeness (QED) is 0.01000. The number of nitrogens with two attached hydrogens (primary N) is 1. The molecule has 5 rings (SSSR count). The summed E-state index contributed by atoms with van der Waals surface area (Å²) in [6.45, 7) is 18.5. The monoisotopic (exact) mass is 1310 g/mol. The molecule has 1 unspecified atom stereocenters. The first-order chi connectivity index (χ1) is 43.4. The number of epoxide rings is 1. The van der Waals surface area contributed by atoms with Crippen LogP contribution in [0.5, 0.6) is 0 Å². The van der Waals surface area contributed by atoms with Crippen molar-refractivity contribution in [2.24, 2.45) is 35.3 Å². The Kier molecular flexibility index (Phi) is 30.1. The highest BCUT2D eigenvalue weighted by Crippen LogP contribution is 2.38. The van der Waals surface area contributed by atoms with Gasteiger partial charge >= 0.3 is 24.1 Å². The van der Waals surface area contributed by atoms with Crippen LogP contribution in [-0.4, -0.2) is 176 Å². The Morgan fingerprint density at radius 3 is 2.17 bits per heavy atom. The van der Waals surface area contributed by atoms with Gasteiger partial charge in [-0.25, -0.2) is 9.59 Å². The predicted octanol–water partition coefficient (Wildman–Crippen LogP) is 8.43. The SMILES string of the molecule is CC[C@H](O)[C@@H](C)[C@H]1O[C@@H]1C[C@@](C)(O)/C=C/C=C(\C)[C@H]1OC(=O)C[C@H](C)CC[C@@](C)(OC(C)=O)[C@@H](OC(=O)N2CCN(C(=O)OCc3ccc(CC(=O)[C@H](CCCCC(N)=O)NC(=O)[C@@H](CC(=O)CCCCCN4C(=O)CC(SC)C4=O)C(C)C)cc3)CC2)/C=C/[C@@H]1C. The van der Waals surface area contributed by atoms with E-state index >= 15 is 0 Å². The molecule has 1 aromatic rings. The lowest BCUT2D eigenvalue weighted by atomic mass is 9.86. The largest absolute Gasteiger partial charge is 0.457 e. The van der Waals surface area contributed by atoms with E-state index in [9.17, 15) is 58.2 Å². The van der Waals surface area contributed by atoms with Gasteiger partial charge in [-0.3, -0.25) is 43.3 Å². The zero-order valence-electron chi connectivity index (χ0n) is 56.0. The number of primary amides is 1. The first kappa shape index (κ1) is 76.3. The number of carbonyl (C=O) groups is 10. The number of ether oxygens (including phenoxy) is 5. The third kappa shape index (κ3) is 24.2. The lowest BCUT2D eigenvalue weighted by Gasteiger charge is -2.38. The van der Waals surface area contributed by atoms with Gasteiger partial charge in [0, 0.05) is 102 Å². The number of rotatable bonds is 32. The molecule has 0 spiro atoms. The smallest absolute Gasteiger partial charge is 0.410 e. The molecule has 5 N–H and O–H groups in total. The Bertz CT molecular complexity index is 2800. The molecular formula is C69H103N5O17S. The van der Waals surface area contributed by atoms with Crippen LogP contribution in [0.1, 0.15) is 177 Å². The van der Waals surface area contributed by atoms with Crippen LogP contribution in [0.15, 0.2) is 60.2 Å². The van der Waals surface area contributed by atoms with Crippen molar-refractivity contribution in [2.45, 2.75) is 232 Å². The average Bonchev–Trinajstić information content (AvgIpc) is 1.98. The Morgan fingerprint density at radius 2 is 1.55 bits per heavy atom. The van der Waals surface area contributed by atoms with Crippen molar-refractivity contribution in [3.63, 3.8) is 0 Å². The minimum atomic E-state index is -1.33. The number of piperazine rings is 1. The van der Waals surface area contributed by atoms with E-state index in [2.05, 4.69) is 5.32 Å². The van der Waals surface area contributed by atoms with Crippen molar-refractivity contribution in [2.75, 3.05) is 39.0 Å². The maximum atomic E-state index is 14.1. The minimum absolute atomic E-state index is 0.0107. The van der Waals surface area contributed by atoms with Crippen molar-refractivity contribution < 1.29 is 81.8 Å². The molecule has 3 fully saturated rings. The number of Topliss-reactive ketones (excluding diaryl/α,β-unsaturated/α-hetero) is 2. The van der Waals surface area contributed by atoms with E-state index in [1.807, 2.05) is 48.5 Å². The number of unbranched alkanes of at least 4 members (excludes halogenated alkanes) is 3. The molecule has 512 valence electrons. The van der Waals surface area contributed by atoms with Gasteiger partial charge < -0.3 is 54.7 Å². The number of hydrogen-bond donors (Lipinski definition) is 4. The topological polar surface area (TPSA) is 308 Å². The first-order valence-corrected chi connectivity index (χ1v) is 34.2. The number of likely N-dealkylation sites (tertiary alicyclic amines) is 1. The number of ketones is 2. The van der Waals surface area contributed by atoms with Gasteiger partial charge in [-0.1, -0.05) is 103 Å². The Labute approximate surface area is 547 Å². The zero-order valence-corrected chi connectivity index (χ0v) is 56.8. The summed E-state index contributed by atoms with van der Waals surface area (Å²) in [5, 5.41) is 24.1. The summed E-state index contributed by atoms with van der Waals surface area (Å²) in [5.74, 6) is -4.20. The maximum Gasteiger partial charge on any atom is 0.410 e. The molecule has 4 heterocycles. The molecule has 0 aromatic heterocycles. The van der Waals surface area contributed by atoms with Crippen molar-refractivity contribution >= 4 is 71.1 Å². The highest BCUT2D eigenvalue weighted by Gasteiger charge is 2.48. The molecule has 3 saturated heterocycles. The number of nitrogens with zero attached hydrogens (tertiary/aromatic N) is 3. The summed E-state index contributed by atoms with van der Waals surface area (Å²) in [4.78, 5) is 135. The van der Waals surface area contributed by atoms with E-state index in [0.717, 1.165) is 0 Å². The van der Waals surface area contributed by atoms with Crippen molar-refractivity contribution in [3.05, 3.63) is 71.3 Å². The average molecular weight is 1310 g/mol. The van der Waals surface area contributed by atoms with Gasteiger partial charge in [-0.2, -0.15) is 11.8 Å². The number of aliphatic hydroxyl groups is 2. The highest BCUT2D eigenvalue weighted by atomic mass is 32.2. The number of amides is 6. The van der Waals surface area contributed by atoms with Crippen LogP contribution < -0.4 is 11.1 Å². The number of hydrogen-bond acceptors (Lipinski definition) is 18. The van der Waals surface area contributed by atoms with E-state index < -0.39 is 83.3 Å². The predicted molar refractivity (Wildman–Crippen MR) is 347 cm³/mol. The third-order valence-corrected chi connectivity index (χ3v) is 19.0. The second-order valence-electron chi connectivity index (χ2n) is 26.5. The summed E-state index contributed by atoms with van der Waals surface area (Å²) in [6.07, 6.45) is 11.6. The lowest BCUT2D eigenvalue weighted by molar-refractivity contribution is -0.167. The second-order valence-corrected chi connectivity index (χ2v) is 27.5. The van der Waals surface area contributed by atoms with Gasteiger partial charge in [-0.05, 0) is 107 Å². The van der Waals surface area contributed by atoms with E-state index in [-0.39, 0.29) is 143 Å². The fraction of sp³-hybridized carbons (Fsp3) is 0.681. The van der Waals surface area contributed by atoms with Crippen molar-refractivity contribution in [1.82, 2.24) is 20.0 Å². The van der Waals surface area contributed by atoms with Crippen LogP contribution in [0.3, 0.4) is 0 Å². The molecule has 0 aliphatic carbocycles. The van der Waals surface area contributed by atoms with Crippen molar-refractivity contribution in [1.29, 1.82) is 0 Å². The number of cyclic esters (lactones) is 1. The molecule has 13 atom stereocenters. The summed E-state index contributed by atoms with van der Waals surface area (Å²) in [5.41, 5.74) is 4.80. The molecule has 0 radical (unpaired) electrons. The number of aliphatic hydroxyl groups excluding tert-OH is 1. The van der Waals surface area contributed by atoms with Crippen molar-refractivity contribution in [3.8, 4) is 0 Å². The Morgan fingerprint density at radius 1 is 0.902 bits per heavy atom. The fourth-order valence-electron chi connectivity index (χ4n) is 12.0. The van der Waals surface area contributed by atoms with Crippen LogP contribution in [0.2, 0.25) is 0 Å². The number of imide groups is 1. The highest BCUT2D eigenvalue weighted by molar-refractivity contribution is 8.00. The van der Waals surface area contributed by atoms with Gasteiger partial charge in [0.05, 0.1) is 35.2 Å². The van der Waals surface area contributed by atoms with E-state index in [0.29, 0.717) is 74.6 Å². The minimum Gasteiger partial charge on any atom is -0.457 e. The molecule has 1 aromatic carbocycles. The third-order valence-electron chi connectivity index (χ3n) is 18.1. The molecule has 6 amide bonds. The Balaban J connectivity index is 1.14. The van der Waals surface area contributed by atoms with Gasteiger partial charge in [0.1, 0.15) is 24.1 Å². The molecule has 22 nitrogen and oxygen atoms in total. The number of carbonyl (C=O) groups excluding carboxylic acids is 10. The zero-order chi connectivity index (χ0) is 68.0. The Hall–Kier alpha value is -6.43. The number of allylic oxidation sites excluding steroid dienone is 2. The summed E-state index contributed by atoms with van der Waals surface area (Å²) < 4.78 is 29.8. The first-order valence-electron chi connectivity index (χ1n) is 32.9. The van der Waals surface area contributed by atoms with Crippen LogP contribution in [0, 0.1) is 29.6 Å². The second kappa shape index (κ2) is 36.3. The van der Waals surface area contributed by atoms with E-state index in [1.165, 1.54) is 33.4 Å². The molecule has 23 heteroatoms. The number of thioether (sulfide) groups is 1. The fourth-order valence-corrected chi connectivity index (χ4v) is 12.7. The van der Waals surface area contributed by atoms with E-state index in [4.69, 9.17) is 29.4 Å². The summed E-state index contributed by atoms with van der Waals surface area (Å²) in [6, 6.07) is 6.05. The summed E-state index contributed by atoms with van der Waals surface area (Å²) in [7, 11) is 0. The standard InChI is InChI=1S/C69H103N5O17S/c1-12-54(77)47(7)63-56(88-63)41-68(9,86)30-18-19-45(5)62-46(6)23-28-58(69(10,91-48(8)75)31-29-44(4)37-61(81)90-62)89-67(85)73-35-33-72(34-36-73)66(84)87-42-50-26-24-49(25-27-50)38-55(78)53(21-15-16-22-59(70)79)71-64(82)52(43(2)3)39-51(76)20-14-13-17-32-74-60(80)40-57(92-11)65(74)83/h18-19,23-28,30,43-44,46-47,52-54,56-58,62-63,77,86H,12-17,20-22,29,31-42H2,1-11H3,(H2,70,79)(H,71,82)/b28-23+,30-18+,45-19+/t44-,46+,47-,52+,53+,54+,56-,57?,58+,62-,63-,68+,69-/m1/s1. The molecule has 0 saturated carbocycles. The van der Waals surface area contributed by atoms with Gasteiger partial charge in [0.2, 0.25) is 23.6 Å². The number of nitrogens with one attached hydrogen (secondary N) is 1. The van der Waals surface area contributed by atoms with Gasteiger partial charge in [0.15, 0.2) is 11.9 Å². The van der Waals surface area contributed by atoms with Crippen LogP contribution in [0.25, 0.3) is 0 Å². The van der Waals surface area contributed by atoms with Crippen LogP contribution >= 0.6 is 11.8 Å². The normalized spacial score (nSPS) is 25.5. The number of esters is 2. The van der Waals surface area contributed by atoms with Gasteiger partial charge in [-0.15, -0.1) is 0 Å². The van der Waals surface area contributed by atoms with Crippen LogP contribution in [-0.2, 0) is 75.1 Å². The molecular weight excluding hydrogens is 1200 g/mol. The maximum absolute atomic E-state index is 14.1.